The van der Waals surface area contributed by atoms with Crippen LogP contribution in [0.25, 0.3) is 0 Å². The summed E-state index contributed by atoms with van der Waals surface area (Å²) >= 11 is 0. The summed E-state index contributed by atoms with van der Waals surface area (Å²) in [4.78, 5) is 14.1. The summed E-state index contributed by atoms with van der Waals surface area (Å²) < 4.78 is 5.20. The number of carbonyl (C=O) groups is 1. The molecule has 1 aromatic carbocycles. The fourth-order valence-corrected chi connectivity index (χ4v) is 1.87. The third-order valence-electron chi connectivity index (χ3n) is 2.68. The quantitative estimate of drug-likeness (QED) is 0.732. The Morgan fingerprint density at radius 3 is 2.84 bits per heavy atom. The highest BCUT2D eigenvalue weighted by Crippen LogP contribution is 2.22. The van der Waals surface area contributed by atoms with E-state index in [9.17, 15) is 4.79 Å². The van der Waals surface area contributed by atoms with Crippen molar-refractivity contribution in [2.45, 2.75) is 13.3 Å². The van der Waals surface area contributed by atoms with E-state index in [0.717, 1.165) is 13.0 Å². The standard InChI is InChI=1S/C15H22N2O2/c1-4-10-17(11-5-2)12-15(18)16-13-8-6-7-9-14(13)19-3/h4,6-9H,1,5,10-12H2,2-3H3,(H,16,18). The van der Waals surface area contributed by atoms with Crippen molar-refractivity contribution in [3.63, 3.8) is 0 Å². The molecule has 19 heavy (non-hydrogen) atoms. The van der Waals surface area contributed by atoms with Gasteiger partial charge in [-0.05, 0) is 25.1 Å². The van der Waals surface area contributed by atoms with Crippen LogP contribution in [0.3, 0.4) is 0 Å². The molecule has 1 aromatic rings. The molecule has 0 saturated heterocycles. The Kier molecular flexibility index (Phi) is 6.68. The predicted molar refractivity (Wildman–Crippen MR) is 78.6 cm³/mol. The highest BCUT2D eigenvalue weighted by atomic mass is 16.5. The van der Waals surface area contributed by atoms with Crippen molar-refractivity contribution < 1.29 is 9.53 Å². The number of carbonyl (C=O) groups excluding carboxylic acids is 1. The lowest BCUT2D eigenvalue weighted by Gasteiger charge is -2.19. The van der Waals surface area contributed by atoms with Gasteiger partial charge in [-0.1, -0.05) is 25.1 Å². The molecule has 1 N–H and O–H groups in total. The first-order valence-electron chi connectivity index (χ1n) is 6.47. The van der Waals surface area contributed by atoms with E-state index >= 15 is 0 Å². The Labute approximate surface area is 115 Å². The number of methoxy groups -OCH3 is 1. The zero-order chi connectivity index (χ0) is 14.1. The fourth-order valence-electron chi connectivity index (χ4n) is 1.87. The summed E-state index contributed by atoms with van der Waals surface area (Å²) in [5.74, 6) is 0.626. The van der Waals surface area contributed by atoms with Crippen LogP contribution in [0.2, 0.25) is 0 Å². The fraction of sp³-hybridized carbons (Fsp3) is 0.400. The third-order valence-corrected chi connectivity index (χ3v) is 2.68. The van der Waals surface area contributed by atoms with E-state index in [4.69, 9.17) is 4.74 Å². The van der Waals surface area contributed by atoms with Gasteiger partial charge in [-0.2, -0.15) is 0 Å². The minimum atomic E-state index is -0.0419. The molecule has 0 aliphatic rings. The second kappa shape index (κ2) is 8.32. The number of hydrogen-bond donors (Lipinski definition) is 1. The van der Waals surface area contributed by atoms with Gasteiger partial charge in [0.05, 0.1) is 19.3 Å². The van der Waals surface area contributed by atoms with Crippen LogP contribution in [-0.4, -0.2) is 37.6 Å². The number of amides is 1. The van der Waals surface area contributed by atoms with Gasteiger partial charge in [-0.25, -0.2) is 0 Å². The molecule has 0 unspecified atom stereocenters. The molecular weight excluding hydrogens is 240 g/mol. The molecule has 4 nitrogen and oxygen atoms in total. The third kappa shape index (κ3) is 5.14. The maximum atomic E-state index is 12.0. The first-order valence-corrected chi connectivity index (χ1v) is 6.47. The van der Waals surface area contributed by atoms with Gasteiger partial charge in [0.1, 0.15) is 5.75 Å². The molecule has 0 atom stereocenters. The highest BCUT2D eigenvalue weighted by Gasteiger charge is 2.10. The van der Waals surface area contributed by atoms with Crippen molar-refractivity contribution in [1.82, 2.24) is 4.90 Å². The molecule has 0 radical (unpaired) electrons. The second-order valence-corrected chi connectivity index (χ2v) is 4.27. The second-order valence-electron chi connectivity index (χ2n) is 4.27. The average molecular weight is 262 g/mol. The van der Waals surface area contributed by atoms with Crippen LogP contribution in [0.1, 0.15) is 13.3 Å². The van der Waals surface area contributed by atoms with Crippen LogP contribution in [0.5, 0.6) is 5.75 Å². The van der Waals surface area contributed by atoms with Gasteiger partial charge in [0.2, 0.25) is 5.91 Å². The lowest BCUT2D eigenvalue weighted by molar-refractivity contribution is -0.117. The number of nitrogens with zero attached hydrogens (tertiary/aromatic N) is 1. The van der Waals surface area contributed by atoms with E-state index in [2.05, 4.69) is 23.7 Å². The molecule has 1 rings (SSSR count). The number of anilines is 1. The number of nitrogens with one attached hydrogen (secondary N) is 1. The number of rotatable bonds is 8. The zero-order valence-corrected chi connectivity index (χ0v) is 11.7. The van der Waals surface area contributed by atoms with Gasteiger partial charge in [0.15, 0.2) is 0 Å². The first-order chi connectivity index (χ1) is 9.21. The summed E-state index contributed by atoms with van der Waals surface area (Å²) in [5.41, 5.74) is 0.699. The van der Waals surface area contributed by atoms with Crippen LogP contribution in [0.15, 0.2) is 36.9 Å². The summed E-state index contributed by atoms with van der Waals surface area (Å²) in [6.45, 7) is 7.75. The van der Waals surface area contributed by atoms with Gasteiger partial charge >= 0.3 is 0 Å². The lowest BCUT2D eigenvalue weighted by atomic mass is 10.3. The smallest absolute Gasteiger partial charge is 0.238 e. The number of ether oxygens (including phenoxy) is 1. The van der Waals surface area contributed by atoms with Gasteiger partial charge in [-0.15, -0.1) is 6.58 Å². The van der Waals surface area contributed by atoms with Crippen molar-refractivity contribution >= 4 is 11.6 Å². The maximum Gasteiger partial charge on any atom is 0.238 e. The van der Waals surface area contributed by atoms with E-state index in [1.165, 1.54) is 0 Å². The molecule has 0 saturated carbocycles. The molecule has 0 bridgehead atoms. The summed E-state index contributed by atoms with van der Waals surface area (Å²) in [7, 11) is 1.59. The number of para-hydroxylation sites is 2. The summed E-state index contributed by atoms with van der Waals surface area (Å²) in [6, 6.07) is 7.39. The van der Waals surface area contributed by atoms with Crippen LogP contribution in [-0.2, 0) is 4.79 Å². The van der Waals surface area contributed by atoms with Gasteiger partial charge in [0.25, 0.3) is 0 Å². The molecule has 4 heteroatoms. The van der Waals surface area contributed by atoms with Crippen LogP contribution < -0.4 is 10.1 Å². The molecule has 1 amide bonds. The molecule has 0 spiro atoms. The molecule has 0 aromatic heterocycles. The Bertz CT molecular complexity index is 418. The normalized spacial score (nSPS) is 10.3. The highest BCUT2D eigenvalue weighted by molar-refractivity contribution is 5.93. The molecule has 0 fully saturated rings. The van der Waals surface area contributed by atoms with Crippen LogP contribution >= 0.6 is 0 Å². The monoisotopic (exact) mass is 262 g/mol. The largest absolute Gasteiger partial charge is 0.495 e. The maximum absolute atomic E-state index is 12.0. The van der Waals surface area contributed by atoms with Crippen molar-refractivity contribution in [2.75, 3.05) is 32.1 Å². The summed E-state index contributed by atoms with van der Waals surface area (Å²) in [6.07, 6.45) is 2.82. The first kappa shape index (κ1) is 15.2. The van der Waals surface area contributed by atoms with E-state index in [-0.39, 0.29) is 5.91 Å². The van der Waals surface area contributed by atoms with Crippen molar-refractivity contribution in [1.29, 1.82) is 0 Å². The molecule has 0 aliphatic heterocycles. The topological polar surface area (TPSA) is 41.6 Å². The Balaban J connectivity index is 2.60. The Hall–Kier alpha value is -1.81. The molecule has 0 heterocycles. The van der Waals surface area contributed by atoms with Crippen molar-refractivity contribution in [3.8, 4) is 5.75 Å². The van der Waals surface area contributed by atoms with Gasteiger partial charge < -0.3 is 10.1 Å². The van der Waals surface area contributed by atoms with Gasteiger partial charge in [-0.3, -0.25) is 9.69 Å². The number of hydrogen-bond acceptors (Lipinski definition) is 3. The minimum Gasteiger partial charge on any atom is -0.495 e. The summed E-state index contributed by atoms with van der Waals surface area (Å²) in [5, 5.41) is 2.87. The van der Waals surface area contributed by atoms with E-state index < -0.39 is 0 Å². The van der Waals surface area contributed by atoms with Gasteiger partial charge in [0, 0.05) is 6.54 Å². The Morgan fingerprint density at radius 2 is 2.21 bits per heavy atom. The zero-order valence-electron chi connectivity index (χ0n) is 11.7. The van der Waals surface area contributed by atoms with E-state index in [1.54, 1.807) is 7.11 Å². The molecule has 104 valence electrons. The molecule has 0 aliphatic carbocycles. The average Bonchev–Trinajstić information content (AvgIpc) is 2.40. The van der Waals surface area contributed by atoms with Crippen molar-refractivity contribution in [2.24, 2.45) is 0 Å². The minimum absolute atomic E-state index is 0.0419. The lowest BCUT2D eigenvalue weighted by Crippen LogP contribution is -2.34. The van der Waals surface area contributed by atoms with E-state index in [1.807, 2.05) is 30.3 Å². The molecular formula is C15H22N2O2. The SMILES string of the molecule is C=CCN(CCC)CC(=O)Nc1ccccc1OC. The van der Waals surface area contributed by atoms with Crippen LogP contribution in [0, 0.1) is 0 Å². The van der Waals surface area contributed by atoms with Crippen molar-refractivity contribution in [3.05, 3.63) is 36.9 Å². The Morgan fingerprint density at radius 1 is 1.47 bits per heavy atom. The predicted octanol–water partition coefficient (Wildman–Crippen LogP) is 2.53. The van der Waals surface area contributed by atoms with E-state index in [0.29, 0.717) is 24.5 Å². The van der Waals surface area contributed by atoms with Crippen LogP contribution in [0.4, 0.5) is 5.69 Å². The number of benzene rings is 1.